The first-order valence-electron chi connectivity index (χ1n) is 8.57. The van der Waals surface area contributed by atoms with Gasteiger partial charge in [-0.15, -0.1) is 0 Å². The Bertz CT molecular complexity index is 774. The Balaban J connectivity index is 1.76. The van der Waals surface area contributed by atoms with E-state index in [-0.39, 0.29) is 24.5 Å². The first-order chi connectivity index (χ1) is 12.6. The zero-order chi connectivity index (χ0) is 18.5. The number of nitrogens with zero attached hydrogens (tertiary/aromatic N) is 3. The molecule has 0 aromatic carbocycles. The molecule has 0 spiro atoms. The van der Waals surface area contributed by atoms with Gasteiger partial charge < -0.3 is 15.0 Å². The lowest BCUT2D eigenvalue weighted by Crippen LogP contribution is -2.33. The van der Waals surface area contributed by atoms with E-state index in [4.69, 9.17) is 4.74 Å². The van der Waals surface area contributed by atoms with Crippen LogP contribution in [0.15, 0.2) is 36.7 Å². The minimum Gasteiger partial charge on any atom is -0.375 e. The second-order valence-electron chi connectivity index (χ2n) is 6.16. The Morgan fingerprint density at radius 2 is 1.92 bits per heavy atom. The van der Waals surface area contributed by atoms with Crippen molar-refractivity contribution in [2.75, 3.05) is 27.3 Å². The minimum absolute atomic E-state index is 0.000418. The Hall–Kier alpha value is -2.80. The maximum atomic E-state index is 12.2. The van der Waals surface area contributed by atoms with Crippen molar-refractivity contribution in [3.05, 3.63) is 48.0 Å². The number of aromatic nitrogens is 2. The molecule has 0 radical (unpaired) electrons. The smallest absolute Gasteiger partial charge is 0.269 e. The van der Waals surface area contributed by atoms with Gasteiger partial charge in [-0.1, -0.05) is 12.1 Å². The highest BCUT2D eigenvalue weighted by Crippen LogP contribution is 2.31. The van der Waals surface area contributed by atoms with Gasteiger partial charge >= 0.3 is 0 Å². The summed E-state index contributed by atoms with van der Waals surface area (Å²) in [6, 6.07) is 7.45. The SMILES string of the molecule is CNC(=O)c1ccc(-c2ccc(C3CCCN3C(=O)COC)nc2)cn1. The van der Waals surface area contributed by atoms with Crippen LogP contribution in [0, 0.1) is 0 Å². The Morgan fingerprint density at radius 1 is 1.19 bits per heavy atom. The fourth-order valence-electron chi connectivity index (χ4n) is 3.18. The van der Waals surface area contributed by atoms with Gasteiger partial charge in [-0.05, 0) is 25.0 Å². The van der Waals surface area contributed by atoms with Crippen molar-refractivity contribution in [2.24, 2.45) is 0 Å². The van der Waals surface area contributed by atoms with Crippen LogP contribution in [0.2, 0.25) is 0 Å². The average molecular weight is 354 g/mol. The Labute approximate surface area is 152 Å². The van der Waals surface area contributed by atoms with Crippen molar-refractivity contribution in [3.8, 4) is 11.1 Å². The third-order valence-electron chi connectivity index (χ3n) is 4.53. The predicted octanol–water partition coefficient (Wildman–Crippen LogP) is 1.81. The highest BCUT2D eigenvalue weighted by Gasteiger charge is 2.30. The first-order valence-corrected chi connectivity index (χ1v) is 8.57. The van der Waals surface area contributed by atoms with Gasteiger partial charge in [0.2, 0.25) is 5.91 Å². The molecule has 2 amide bonds. The van der Waals surface area contributed by atoms with E-state index in [0.717, 1.165) is 36.2 Å². The predicted molar refractivity (Wildman–Crippen MR) is 96.4 cm³/mol. The molecule has 0 bridgehead atoms. The molecule has 136 valence electrons. The number of hydrogen-bond acceptors (Lipinski definition) is 5. The first kappa shape index (κ1) is 18.0. The molecule has 0 aliphatic carbocycles. The van der Waals surface area contributed by atoms with Crippen molar-refractivity contribution >= 4 is 11.8 Å². The fourth-order valence-corrected chi connectivity index (χ4v) is 3.18. The highest BCUT2D eigenvalue weighted by molar-refractivity contribution is 5.92. The molecule has 7 nitrogen and oxygen atoms in total. The van der Waals surface area contributed by atoms with Crippen molar-refractivity contribution in [3.63, 3.8) is 0 Å². The molecule has 1 atom stereocenters. The number of ether oxygens (including phenoxy) is 1. The molecule has 0 saturated carbocycles. The van der Waals surface area contributed by atoms with Crippen molar-refractivity contribution < 1.29 is 14.3 Å². The molecule has 1 aliphatic heterocycles. The van der Waals surface area contributed by atoms with Crippen LogP contribution in [0.4, 0.5) is 0 Å². The van der Waals surface area contributed by atoms with E-state index in [0.29, 0.717) is 5.69 Å². The van der Waals surface area contributed by atoms with Crippen LogP contribution in [0.1, 0.15) is 35.1 Å². The van der Waals surface area contributed by atoms with E-state index < -0.39 is 0 Å². The lowest BCUT2D eigenvalue weighted by atomic mass is 10.1. The van der Waals surface area contributed by atoms with E-state index in [9.17, 15) is 9.59 Å². The molecule has 1 fully saturated rings. The summed E-state index contributed by atoms with van der Waals surface area (Å²) < 4.78 is 4.96. The van der Waals surface area contributed by atoms with Crippen LogP contribution >= 0.6 is 0 Å². The van der Waals surface area contributed by atoms with E-state index >= 15 is 0 Å². The molecule has 26 heavy (non-hydrogen) atoms. The van der Waals surface area contributed by atoms with Gasteiger partial charge in [0.15, 0.2) is 0 Å². The van der Waals surface area contributed by atoms with Crippen LogP contribution in [0.3, 0.4) is 0 Å². The number of carbonyl (C=O) groups is 2. The molecule has 1 aliphatic rings. The number of carbonyl (C=O) groups excluding carboxylic acids is 2. The molecular formula is C19H22N4O3. The topological polar surface area (TPSA) is 84.4 Å². The number of rotatable bonds is 5. The third kappa shape index (κ3) is 3.72. The van der Waals surface area contributed by atoms with Crippen LogP contribution in [0.5, 0.6) is 0 Å². The van der Waals surface area contributed by atoms with Gasteiger partial charge in [0, 0.05) is 44.2 Å². The third-order valence-corrected chi connectivity index (χ3v) is 4.53. The molecule has 3 heterocycles. The summed E-state index contributed by atoms with van der Waals surface area (Å²) in [4.78, 5) is 34.3. The van der Waals surface area contributed by atoms with Crippen LogP contribution < -0.4 is 5.32 Å². The summed E-state index contributed by atoms with van der Waals surface area (Å²) in [5, 5.41) is 2.55. The van der Waals surface area contributed by atoms with Crippen molar-refractivity contribution in [2.45, 2.75) is 18.9 Å². The highest BCUT2D eigenvalue weighted by atomic mass is 16.5. The maximum Gasteiger partial charge on any atom is 0.269 e. The Kier molecular flexibility index (Phi) is 5.58. The molecule has 1 N–H and O–H groups in total. The van der Waals surface area contributed by atoms with Crippen LogP contribution in [-0.2, 0) is 9.53 Å². The molecular weight excluding hydrogens is 332 g/mol. The lowest BCUT2D eigenvalue weighted by molar-refractivity contribution is -0.136. The lowest BCUT2D eigenvalue weighted by Gasteiger charge is -2.24. The summed E-state index contributed by atoms with van der Waals surface area (Å²) in [5.41, 5.74) is 3.05. The second-order valence-corrected chi connectivity index (χ2v) is 6.16. The largest absolute Gasteiger partial charge is 0.375 e. The standard InChI is InChI=1S/C19H22N4O3/c1-20-19(25)16-8-6-14(11-22-16)13-5-7-15(21-10-13)17-4-3-9-23(17)18(24)12-26-2/h5-8,10-11,17H,3-4,9,12H2,1-2H3,(H,20,25). The van der Waals surface area contributed by atoms with Gasteiger partial charge in [0.1, 0.15) is 12.3 Å². The molecule has 1 saturated heterocycles. The summed E-state index contributed by atoms with van der Waals surface area (Å²) >= 11 is 0. The van der Waals surface area contributed by atoms with Crippen LogP contribution in [0.25, 0.3) is 11.1 Å². The fraction of sp³-hybridized carbons (Fsp3) is 0.368. The molecule has 3 rings (SSSR count). The van der Waals surface area contributed by atoms with Gasteiger partial charge in [0.05, 0.1) is 11.7 Å². The monoisotopic (exact) mass is 354 g/mol. The Morgan fingerprint density at radius 3 is 2.50 bits per heavy atom. The minimum atomic E-state index is -0.216. The summed E-state index contributed by atoms with van der Waals surface area (Å²) in [5.74, 6) is -0.220. The summed E-state index contributed by atoms with van der Waals surface area (Å²) in [7, 11) is 3.10. The average Bonchev–Trinajstić information content (AvgIpc) is 3.18. The van der Waals surface area contributed by atoms with E-state index in [1.807, 2.05) is 23.1 Å². The molecule has 2 aromatic heterocycles. The molecule has 2 aromatic rings. The molecule has 1 unspecified atom stereocenters. The van der Waals surface area contributed by atoms with Crippen molar-refractivity contribution in [1.82, 2.24) is 20.2 Å². The van der Waals surface area contributed by atoms with Gasteiger partial charge in [-0.25, -0.2) is 0 Å². The zero-order valence-electron chi connectivity index (χ0n) is 14.9. The summed E-state index contributed by atoms with van der Waals surface area (Å²) in [6.07, 6.45) is 5.31. The van der Waals surface area contributed by atoms with Gasteiger partial charge in [-0.3, -0.25) is 19.6 Å². The number of methoxy groups -OCH3 is 1. The zero-order valence-corrected chi connectivity index (χ0v) is 14.9. The van der Waals surface area contributed by atoms with Gasteiger partial charge in [-0.2, -0.15) is 0 Å². The number of hydrogen-bond donors (Lipinski definition) is 1. The van der Waals surface area contributed by atoms with Gasteiger partial charge in [0.25, 0.3) is 5.91 Å². The second kappa shape index (κ2) is 8.05. The van der Waals surface area contributed by atoms with E-state index in [1.54, 1.807) is 25.5 Å². The number of amides is 2. The number of likely N-dealkylation sites (tertiary alicyclic amines) is 1. The van der Waals surface area contributed by atoms with Crippen molar-refractivity contribution in [1.29, 1.82) is 0 Å². The van der Waals surface area contributed by atoms with Crippen LogP contribution in [-0.4, -0.2) is 54.0 Å². The molecule has 7 heteroatoms. The van der Waals surface area contributed by atoms with E-state index in [1.165, 1.54) is 7.11 Å². The normalized spacial score (nSPS) is 16.5. The number of pyridine rings is 2. The summed E-state index contributed by atoms with van der Waals surface area (Å²) in [6.45, 7) is 0.832. The number of nitrogens with one attached hydrogen (secondary N) is 1. The quantitative estimate of drug-likeness (QED) is 0.885. The van der Waals surface area contributed by atoms with E-state index in [2.05, 4.69) is 15.3 Å². The maximum absolute atomic E-state index is 12.2.